The Bertz CT molecular complexity index is 1460. The van der Waals surface area contributed by atoms with Gasteiger partial charge in [-0.3, -0.25) is 19.2 Å². The average molecular weight is 710 g/mol. The van der Waals surface area contributed by atoms with Crippen molar-refractivity contribution in [3.05, 3.63) is 71.8 Å². The minimum Gasteiger partial charge on any atom is -0.480 e. The molecule has 0 unspecified atom stereocenters. The number of carbonyl (C=O) groups excluding carboxylic acids is 5. The second kappa shape index (κ2) is 20.0. The van der Waals surface area contributed by atoms with E-state index in [1.807, 2.05) is 58.0 Å². The Kier molecular flexibility index (Phi) is 16.6. The third-order valence-electron chi connectivity index (χ3n) is 7.62. The van der Waals surface area contributed by atoms with E-state index in [-0.39, 0.29) is 37.5 Å². The van der Waals surface area contributed by atoms with Gasteiger partial charge in [-0.2, -0.15) is 0 Å². The molecule has 0 spiro atoms. The number of aliphatic carboxylic acids is 1. The quantitative estimate of drug-likeness (QED) is 0.135. The molecule has 0 saturated carbocycles. The Morgan fingerprint density at radius 2 is 0.961 bits per heavy atom. The second-order valence-corrected chi connectivity index (χ2v) is 14.6. The number of benzene rings is 2. The zero-order valence-corrected chi connectivity index (χ0v) is 30.9. The Morgan fingerprint density at radius 3 is 1.39 bits per heavy atom. The van der Waals surface area contributed by atoms with Crippen LogP contribution in [0.2, 0.25) is 0 Å². The van der Waals surface area contributed by atoms with Gasteiger partial charge in [0.2, 0.25) is 23.6 Å². The van der Waals surface area contributed by atoms with Crippen molar-refractivity contribution < 1.29 is 38.6 Å². The molecule has 0 aliphatic heterocycles. The first-order valence-electron chi connectivity index (χ1n) is 17.4. The lowest BCUT2D eigenvalue weighted by Crippen LogP contribution is -2.59. The van der Waals surface area contributed by atoms with Gasteiger partial charge in [-0.05, 0) is 63.5 Å². The summed E-state index contributed by atoms with van der Waals surface area (Å²) in [7, 11) is 0. The molecule has 51 heavy (non-hydrogen) atoms. The Balaban J connectivity index is 2.17. The summed E-state index contributed by atoms with van der Waals surface area (Å²) in [5.74, 6) is -3.85. The number of hydrogen-bond donors (Lipinski definition) is 6. The van der Waals surface area contributed by atoms with Crippen molar-refractivity contribution in [3.8, 4) is 0 Å². The molecule has 13 heteroatoms. The van der Waals surface area contributed by atoms with E-state index in [0.717, 1.165) is 11.1 Å². The molecule has 0 radical (unpaired) electrons. The molecular formula is C38H55N5O8. The lowest BCUT2D eigenvalue weighted by atomic mass is 10.0. The van der Waals surface area contributed by atoms with Gasteiger partial charge in [-0.25, -0.2) is 9.59 Å². The summed E-state index contributed by atoms with van der Waals surface area (Å²) >= 11 is 0. The van der Waals surface area contributed by atoms with E-state index < -0.39 is 71.5 Å². The van der Waals surface area contributed by atoms with Crippen LogP contribution in [0.15, 0.2) is 60.7 Å². The van der Waals surface area contributed by atoms with Gasteiger partial charge >= 0.3 is 12.1 Å². The molecule has 280 valence electrons. The molecule has 0 aromatic heterocycles. The Labute approximate surface area is 301 Å². The Morgan fingerprint density at radius 1 is 0.569 bits per heavy atom. The zero-order chi connectivity index (χ0) is 38.3. The number of amides is 5. The topological polar surface area (TPSA) is 192 Å². The number of carboxylic acid groups (broad SMARTS) is 1. The Hall–Kier alpha value is -4.94. The minimum absolute atomic E-state index is 0.0336. The van der Waals surface area contributed by atoms with Gasteiger partial charge in [0.25, 0.3) is 0 Å². The fraction of sp³-hybridized carbons (Fsp3) is 0.526. The highest BCUT2D eigenvalue weighted by Crippen LogP contribution is 2.12. The minimum atomic E-state index is -1.22. The molecule has 0 aliphatic carbocycles. The lowest BCUT2D eigenvalue weighted by Gasteiger charge is -2.27. The highest BCUT2D eigenvalue weighted by atomic mass is 16.6. The van der Waals surface area contributed by atoms with Crippen LogP contribution in [0.3, 0.4) is 0 Å². The standard InChI is InChI=1S/C38H55N5O8/c1-23(2)19-28(41-35(47)30(21-26-15-11-9-12-16-26)43-37(50)51-38(6,7)8)33(45)39-25(5)32(44)40-29(20-24(3)4)34(46)42-31(36(48)49)22-27-17-13-10-14-18-27/h9-18,23-25,28-31H,19-22H2,1-8H3,(H,39,45)(H,40,44)(H,41,47)(H,42,46)(H,43,50)(H,48,49)/t25-,28+,29+,30-,31-/m0/s1. The van der Waals surface area contributed by atoms with Crippen molar-refractivity contribution in [1.29, 1.82) is 0 Å². The highest BCUT2D eigenvalue weighted by Gasteiger charge is 2.32. The van der Waals surface area contributed by atoms with Gasteiger partial charge in [-0.1, -0.05) is 88.4 Å². The summed E-state index contributed by atoms with van der Waals surface area (Å²) < 4.78 is 5.37. The largest absolute Gasteiger partial charge is 0.480 e. The summed E-state index contributed by atoms with van der Waals surface area (Å²) in [4.78, 5) is 78.4. The second-order valence-electron chi connectivity index (χ2n) is 14.6. The summed E-state index contributed by atoms with van der Waals surface area (Å²) in [6.07, 6.45) is -0.154. The average Bonchev–Trinajstić information content (AvgIpc) is 3.02. The van der Waals surface area contributed by atoms with E-state index in [1.54, 1.807) is 51.1 Å². The van der Waals surface area contributed by atoms with Crippen molar-refractivity contribution in [3.63, 3.8) is 0 Å². The van der Waals surface area contributed by atoms with Gasteiger partial charge < -0.3 is 36.4 Å². The normalized spacial score (nSPS) is 14.3. The van der Waals surface area contributed by atoms with Crippen molar-refractivity contribution >= 4 is 35.7 Å². The van der Waals surface area contributed by atoms with Crippen molar-refractivity contribution in [2.75, 3.05) is 0 Å². The van der Waals surface area contributed by atoms with E-state index in [1.165, 1.54) is 6.92 Å². The SMILES string of the molecule is CC(C)C[C@@H](NC(=O)[C@H](C)NC(=O)[C@@H](CC(C)C)NC(=O)[C@H](Cc1ccccc1)NC(=O)OC(C)(C)C)C(=O)N[C@@H](Cc1ccccc1)C(=O)O. The van der Waals surface area contributed by atoms with E-state index in [9.17, 15) is 33.9 Å². The number of carbonyl (C=O) groups is 6. The number of ether oxygens (including phenoxy) is 1. The van der Waals surface area contributed by atoms with Crippen LogP contribution in [-0.2, 0) is 41.6 Å². The molecule has 0 bridgehead atoms. The van der Waals surface area contributed by atoms with Gasteiger partial charge in [0.1, 0.15) is 35.8 Å². The summed E-state index contributed by atoms with van der Waals surface area (Å²) in [5, 5.41) is 23.0. The molecule has 5 atom stereocenters. The predicted molar refractivity (Wildman–Crippen MR) is 193 cm³/mol. The molecule has 13 nitrogen and oxygen atoms in total. The van der Waals surface area contributed by atoms with Crippen LogP contribution in [0.1, 0.15) is 79.4 Å². The van der Waals surface area contributed by atoms with Crippen LogP contribution in [0.25, 0.3) is 0 Å². The lowest BCUT2D eigenvalue weighted by molar-refractivity contribution is -0.142. The monoisotopic (exact) mass is 709 g/mol. The van der Waals surface area contributed by atoms with Gasteiger partial charge in [-0.15, -0.1) is 0 Å². The predicted octanol–water partition coefficient (Wildman–Crippen LogP) is 3.50. The third-order valence-corrected chi connectivity index (χ3v) is 7.62. The smallest absolute Gasteiger partial charge is 0.408 e. The number of hydrogen-bond acceptors (Lipinski definition) is 7. The summed E-state index contributed by atoms with van der Waals surface area (Å²) in [6.45, 7) is 14.0. The van der Waals surface area contributed by atoms with Crippen LogP contribution in [0.5, 0.6) is 0 Å². The van der Waals surface area contributed by atoms with Crippen LogP contribution in [0, 0.1) is 11.8 Å². The summed E-state index contributed by atoms with van der Waals surface area (Å²) in [5.41, 5.74) is 0.698. The van der Waals surface area contributed by atoms with E-state index in [4.69, 9.17) is 4.74 Å². The fourth-order valence-corrected chi connectivity index (χ4v) is 5.19. The molecule has 0 saturated heterocycles. The maximum Gasteiger partial charge on any atom is 0.408 e. The molecule has 2 rings (SSSR count). The number of carboxylic acids is 1. The van der Waals surface area contributed by atoms with Crippen LogP contribution >= 0.6 is 0 Å². The first-order valence-corrected chi connectivity index (χ1v) is 17.4. The summed E-state index contributed by atoms with van der Waals surface area (Å²) in [6, 6.07) is 12.4. The van der Waals surface area contributed by atoms with E-state index in [0.29, 0.717) is 0 Å². The fourth-order valence-electron chi connectivity index (χ4n) is 5.19. The van der Waals surface area contributed by atoms with Gasteiger partial charge in [0.15, 0.2) is 0 Å². The molecule has 0 heterocycles. The van der Waals surface area contributed by atoms with Crippen LogP contribution < -0.4 is 26.6 Å². The van der Waals surface area contributed by atoms with Crippen molar-refractivity contribution in [1.82, 2.24) is 26.6 Å². The van der Waals surface area contributed by atoms with Crippen LogP contribution in [0.4, 0.5) is 4.79 Å². The van der Waals surface area contributed by atoms with E-state index in [2.05, 4.69) is 26.6 Å². The molecule has 0 fully saturated rings. The molecule has 0 aliphatic rings. The zero-order valence-electron chi connectivity index (χ0n) is 30.9. The maximum absolute atomic E-state index is 13.6. The molecule has 6 N–H and O–H groups in total. The van der Waals surface area contributed by atoms with Gasteiger partial charge in [0.05, 0.1) is 0 Å². The van der Waals surface area contributed by atoms with Gasteiger partial charge in [0, 0.05) is 12.8 Å². The van der Waals surface area contributed by atoms with Crippen molar-refractivity contribution in [2.24, 2.45) is 11.8 Å². The third kappa shape index (κ3) is 16.1. The number of rotatable bonds is 18. The van der Waals surface area contributed by atoms with E-state index >= 15 is 0 Å². The first-order chi connectivity index (χ1) is 23.8. The molecular weight excluding hydrogens is 654 g/mol. The molecule has 5 amide bonds. The maximum atomic E-state index is 13.6. The molecule has 2 aromatic rings. The number of nitrogens with one attached hydrogen (secondary N) is 5. The number of alkyl carbamates (subject to hydrolysis) is 1. The first kappa shape index (κ1) is 42.2. The van der Waals surface area contributed by atoms with Crippen LogP contribution in [-0.4, -0.2) is 76.6 Å². The molecule has 2 aromatic carbocycles. The highest BCUT2D eigenvalue weighted by molar-refractivity contribution is 5.95. The van der Waals surface area contributed by atoms with Crippen molar-refractivity contribution in [2.45, 2.75) is 117 Å².